The van der Waals surface area contributed by atoms with E-state index in [1.807, 2.05) is 6.07 Å². The molecule has 8 heteroatoms. The minimum absolute atomic E-state index is 0.350. The van der Waals surface area contributed by atoms with Gasteiger partial charge in [-0.1, -0.05) is 29.3 Å². The first-order chi connectivity index (χ1) is 12.0. The van der Waals surface area contributed by atoms with Gasteiger partial charge in [0.05, 0.1) is 25.0 Å². The van der Waals surface area contributed by atoms with Crippen molar-refractivity contribution in [3.63, 3.8) is 0 Å². The molecular weight excluding hydrogens is 368 g/mol. The molecule has 5 nitrogen and oxygen atoms in total. The lowest BCUT2D eigenvalue weighted by molar-refractivity contribution is 0.194. The fraction of sp³-hybridized carbons (Fsp3) is 0.294. The zero-order valence-corrected chi connectivity index (χ0v) is 14.7. The van der Waals surface area contributed by atoms with Crippen molar-refractivity contribution in [2.24, 2.45) is 0 Å². The Morgan fingerprint density at radius 1 is 1.36 bits per heavy atom. The molecule has 1 aliphatic carbocycles. The molecule has 1 aromatic carbocycles. The molecule has 3 rings (SSSR count). The number of nitrogens with zero attached hydrogens (tertiary/aromatic N) is 2. The summed E-state index contributed by atoms with van der Waals surface area (Å²) in [6.45, 7) is 0.0332. The summed E-state index contributed by atoms with van der Waals surface area (Å²) in [5.41, 5.74) is 2.99. The summed E-state index contributed by atoms with van der Waals surface area (Å²) in [6, 6.07) is 5.21. The van der Waals surface area contributed by atoms with Crippen LogP contribution in [0.2, 0.25) is 10.0 Å². The van der Waals surface area contributed by atoms with Crippen molar-refractivity contribution in [2.75, 3.05) is 6.54 Å². The highest BCUT2D eigenvalue weighted by molar-refractivity contribution is 6.35. The number of benzene rings is 1. The molecule has 0 atom stereocenters. The Bertz CT molecular complexity index is 848. The van der Waals surface area contributed by atoms with Gasteiger partial charge in [-0.15, -0.1) is 0 Å². The molecule has 2 N–H and O–H groups in total. The van der Waals surface area contributed by atoms with Gasteiger partial charge in [-0.05, 0) is 42.5 Å². The fourth-order valence-corrected chi connectivity index (χ4v) is 3.45. The Labute approximate surface area is 154 Å². The van der Waals surface area contributed by atoms with E-state index in [-0.39, 0.29) is 6.54 Å². The molecule has 25 heavy (non-hydrogen) atoms. The molecule has 0 saturated heterocycles. The van der Waals surface area contributed by atoms with Crippen LogP contribution in [-0.2, 0) is 13.0 Å². The van der Waals surface area contributed by atoms with Gasteiger partial charge in [-0.2, -0.15) is 5.10 Å². The summed E-state index contributed by atoms with van der Waals surface area (Å²) in [7, 11) is 0. The van der Waals surface area contributed by atoms with Gasteiger partial charge >= 0.3 is 6.09 Å². The van der Waals surface area contributed by atoms with E-state index in [9.17, 15) is 9.18 Å². The van der Waals surface area contributed by atoms with Crippen molar-refractivity contribution in [3.05, 3.63) is 57.1 Å². The summed E-state index contributed by atoms with van der Waals surface area (Å²) in [5, 5.41) is 16.2. The van der Waals surface area contributed by atoms with Gasteiger partial charge in [0, 0.05) is 15.6 Å². The minimum atomic E-state index is -1.26. The topological polar surface area (TPSA) is 67.2 Å². The second-order valence-electron chi connectivity index (χ2n) is 5.81. The maximum atomic E-state index is 14.5. The zero-order valence-electron chi connectivity index (χ0n) is 13.2. The number of amides is 1. The van der Waals surface area contributed by atoms with E-state index >= 15 is 0 Å². The molecule has 1 amide bonds. The number of hydrogen-bond donors (Lipinski definition) is 2. The van der Waals surface area contributed by atoms with Crippen LogP contribution in [0.5, 0.6) is 0 Å². The molecule has 0 unspecified atom stereocenters. The summed E-state index contributed by atoms with van der Waals surface area (Å²) in [5.74, 6) is -0.479. The summed E-state index contributed by atoms with van der Waals surface area (Å²) in [6.07, 6.45) is 2.63. The van der Waals surface area contributed by atoms with Gasteiger partial charge in [0.15, 0.2) is 0 Å². The second kappa shape index (κ2) is 7.45. The van der Waals surface area contributed by atoms with Gasteiger partial charge in [0.2, 0.25) is 0 Å². The van der Waals surface area contributed by atoms with Gasteiger partial charge in [-0.25, -0.2) is 9.18 Å². The lowest BCUT2D eigenvalue weighted by Crippen LogP contribution is -2.23. The molecule has 1 aromatic heterocycles. The SMILES string of the molecule is O=C(O)NCC(F)=C1CCCc2cnn(Cc3ccc(Cl)cc3Cl)c21. The Morgan fingerprint density at radius 3 is 2.88 bits per heavy atom. The first kappa shape index (κ1) is 17.8. The number of halogens is 3. The molecule has 132 valence electrons. The van der Waals surface area contributed by atoms with E-state index in [4.69, 9.17) is 28.3 Å². The van der Waals surface area contributed by atoms with Crippen molar-refractivity contribution in [3.8, 4) is 0 Å². The van der Waals surface area contributed by atoms with Crippen LogP contribution >= 0.6 is 23.2 Å². The van der Waals surface area contributed by atoms with E-state index in [1.54, 1.807) is 23.0 Å². The van der Waals surface area contributed by atoms with Crippen LogP contribution in [0.4, 0.5) is 9.18 Å². The minimum Gasteiger partial charge on any atom is -0.465 e. The van der Waals surface area contributed by atoms with Crippen molar-refractivity contribution in [2.45, 2.75) is 25.8 Å². The third kappa shape index (κ3) is 3.96. The zero-order chi connectivity index (χ0) is 18.0. The highest BCUT2D eigenvalue weighted by Crippen LogP contribution is 2.34. The molecule has 2 aromatic rings. The van der Waals surface area contributed by atoms with Crippen LogP contribution in [-0.4, -0.2) is 27.5 Å². The molecule has 0 saturated carbocycles. The number of hydrogen-bond acceptors (Lipinski definition) is 2. The molecule has 0 radical (unpaired) electrons. The molecule has 0 aliphatic heterocycles. The number of aromatic nitrogens is 2. The largest absolute Gasteiger partial charge is 0.465 e. The third-order valence-electron chi connectivity index (χ3n) is 4.13. The summed E-state index contributed by atoms with van der Waals surface area (Å²) >= 11 is 12.1. The normalized spacial score (nSPS) is 15.6. The lowest BCUT2D eigenvalue weighted by atomic mass is 9.92. The number of aryl methyl sites for hydroxylation is 1. The number of nitrogens with one attached hydrogen (secondary N) is 1. The summed E-state index contributed by atoms with van der Waals surface area (Å²) < 4.78 is 16.2. The van der Waals surface area contributed by atoms with Crippen LogP contribution < -0.4 is 5.32 Å². The van der Waals surface area contributed by atoms with Crippen LogP contribution in [0.3, 0.4) is 0 Å². The Kier molecular flexibility index (Phi) is 5.30. The fourth-order valence-electron chi connectivity index (χ4n) is 2.99. The number of rotatable bonds is 4. The van der Waals surface area contributed by atoms with Crippen LogP contribution in [0.25, 0.3) is 5.57 Å². The average Bonchev–Trinajstić information content (AvgIpc) is 2.98. The van der Waals surface area contributed by atoms with E-state index < -0.39 is 11.9 Å². The lowest BCUT2D eigenvalue weighted by Gasteiger charge is -2.19. The van der Waals surface area contributed by atoms with E-state index in [1.165, 1.54) is 0 Å². The maximum absolute atomic E-state index is 14.5. The monoisotopic (exact) mass is 383 g/mol. The van der Waals surface area contributed by atoms with E-state index in [0.717, 1.165) is 24.0 Å². The number of fused-ring (bicyclic) bond motifs is 1. The van der Waals surface area contributed by atoms with Crippen molar-refractivity contribution in [1.82, 2.24) is 15.1 Å². The predicted molar refractivity (Wildman–Crippen MR) is 94.8 cm³/mol. The van der Waals surface area contributed by atoms with Gasteiger partial charge in [0.25, 0.3) is 0 Å². The van der Waals surface area contributed by atoms with Crippen LogP contribution in [0, 0.1) is 0 Å². The molecule has 0 fully saturated rings. The summed E-state index contributed by atoms with van der Waals surface area (Å²) in [4.78, 5) is 10.6. The highest BCUT2D eigenvalue weighted by atomic mass is 35.5. The predicted octanol–water partition coefficient (Wildman–Crippen LogP) is 4.52. The van der Waals surface area contributed by atoms with Crippen molar-refractivity contribution < 1.29 is 14.3 Å². The number of carboxylic acid groups (broad SMARTS) is 1. The number of allylic oxidation sites excluding steroid dienone is 1. The molecular formula is C17H16Cl2FN3O2. The smallest absolute Gasteiger partial charge is 0.405 e. The highest BCUT2D eigenvalue weighted by Gasteiger charge is 2.23. The first-order valence-electron chi connectivity index (χ1n) is 7.79. The second-order valence-corrected chi connectivity index (χ2v) is 6.65. The molecule has 1 heterocycles. The Hall–Kier alpha value is -2.05. The van der Waals surface area contributed by atoms with E-state index in [2.05, 4.69) is 10.4 Å². The van der Waals surface area contributed by atoms with Crippen LogP contribution in [0.15, 0.2) is 30.2 Å². The first-order valence-corrected chi connectivity index (χ1v) is 8.54. The van der Waals surface area contributed by atoms with Crippen molar-refractivity contribution >= 4 is 34.9 Å². The molecule has 0 bridgehead atoms. The van der Waals surface area contributed by atoms with Crippen LogP contribution in [0.1, 0.15) is 29.7 Å². The van der Waals surface area contributed by atoms with Gasteiger partial charge in [0.1, 0.15) is 5.83 Å². The maximum Gasteiger partial charge on any atom is 0.405 e. The third-order valence-corrected chi connectivity index (χ3v) is 4.72. The molecule has 0 spiro atoms. The van der Waals surface area contributed by atoms with E-state index in [0.29, 0.717) is 34.3 Å². The van der Waals surface area contributed by atoms with Crippen molar-refractivity contribution in [1.29, 1.82) is 0 Å². The average molecular weight is 384 g/mol. The molecule has 1 aliphatic rings. The van der Waals surface area contributed by atoms with Gasteiger partial charge in [-0.3, -0.25) is 4.68 Å². The Morgan fingerprint density at radius 2 is 2.16 bits per heavy atom. The Balaban J connectivity index is 1.95. The number of carbonyl (C=O) groups is 1. The van der Waals surface area contributed by atoms with Gasteiger partial charge < -0.3 is 10.4 Å². The quantitative estimate of drug-likeness (QED) is 0.815. The standard InChI is InChI=1S/C17H16Cl2FN3O2/c18-12-5-4-11(14(19)6-12)9-23-16-10(7-22-23)2-1-3-13(16)15(20)8-21-17(24)25/h4-7,21H,1-3,8-9H2,(H,24,25).